The standard InChI is InChI=1S/C52H55N9O8S2/c1-26(2)44(57-51(64)66-3)48(62)59-14-5-6-36(59)46-53-25-34(55-46)29-7-9-32-38-20-30-18-28(8-10-35(30)61(38)50(69-40(32)22-29)43-23-42-41(71-43)13-17-70-42)33-24-54-47(56-33)39-21-31-19-37(31)60(39)49(63)45(58-52(65)67-4)27-11-15-68-16-12-27/h7-10,13,17-18,20,22-27,31,36-37,39,44-45,50H,5-6,11-12,14-16,19,21H2,1-4H3,(H,53,55)(H,54,56)(H,57,64)(H,58,65)/t31-,36+,37-,39+,44+,45+,50?/m1/s1. The average molecular weight is 998 g/mol. The van der Waals surface area contributed by atoms with E-state index in [-0.39, 0.29) is 41.8 Å². The molecule has 0 spiro atoms. The van der Waals surface area contributed by atoms with Crippen molar-refractivity contribution in [1.29, 1.82) is 0 Å². The van der Waals surface area contributed by atoms with Crippen molar-refractivity contribution in [2.75, 3.05) is 34.0 Å². The number of likely N-dealkylation sites (tertiary alicyclic amines) is 2. The number of nitrogens with zero attached hydrogens (tertiary/aromatic N) is 5. The van der Waals surface area contributed by atoms with Gasteiger partial charge < -0.3 is 49.3 Å². The van der Waals surface area contributed by atoms with Gasteiger partial charge in [0.2, 0.25) is 18.0 Å². The summed E-state index contributed by atoms with van der Waals surface area (Å²) >= 11 is 3.45. The fourth-order valence-electron chi connectivity index (χ4n) is 11.4. The van der Waals surface area contributed by atoms with E-state index in [1.54, 1.807) is 22.7 Å². The number of hydrogen-bond donors (Lipinski definition) is 4. The number of rotatable bonds is 11. The molecule has 7 aromatic rings. The van der Waals surface area contributed by atoms with Crippen LogP contribution in [0.25, 0.3) is 54.1 Å². The number of fused-ring (bicyclic) bond motifs is 7. The number of imidazole rings is 2. The number of H-pyrrole nitrogens is 2. The van der Waals surface area contributed by atoms with E-state index >= 15 is 0 Å². The molecule has 3 saturated heterocycles. The van der Waals surface area contributed by atoms with Crippen LogP contribution in [0.4, 0.5) is 9.59 Å². The molecule has 1 aliphatic carbocycles. The van der Waals surface area contributed by atoms with Crippen molar-refractivity contribution in [3.63, 3.8) is 0 Å². The number of carbonyl (C=O) groups excluding carboxylic acids is 4. The third kappa shape index (κ3) is 8.11. The van der Waals surface area contributed by atoms with Gasteiger partial charge in [0.05, 0.1) is 53.8 Å². The molecule has 5 aromatic heterocycles. The highest BCUT2D eigenvalue weighted by Crippen LogP contribution is 2.54. The van der Waals surface area contributed by atoms with Gasteiger partial charge in [0.15, 0.2) is 0 Å². The first-order valence-electron chi connectivity index (χ1n) is 24.5. The molecule has 2 aromatic carbocycles. The number of benzene rings is 2. The summed E-state index contributed by atoms with van der Waals surface area (Å²) in [4.78, 5) is 74.9. The summed E-state index contributed by atoms with van der Waals surface area (Å²) in [5.74, 6) is 2.15. The summed E-state index contributed by atoms with van der Waals surface area (Å²) in [6, 6.07) is 17.4. The Balaban J connectivity index is 0.843. The average Bonchev–Trinajstić information content (AvgIpc) is 4.19. The number of hydrogen-bond acceptors (Lipinski definition) is 12. The Morgan fingerprint density at radius 3 is 2.30 bits per heavy atom. The zero-order chi connectivity index (χ0) is 48.7. The number of amides is 4. The summed E-state index contributed by atoms with van der Waals surface area (Å²) in [5, 5.41) is 8.76. The third-order valence-electron chi connectivity index (χ3n) is 15.1. The van der Waals surface area contributed by atoms with Gasteiger partial charge in [0, 0.05) is 69.7 Å². The number of ether oxygens (including phenoxy) is 4. The lowest BCUT2D eigenvalue weighted by Crippen LogP contribution is -2.54. The minimum Gasteiger partial charge on any atom is -0.464 e. The van der Waals surface area contributed by atoms with Crippen molar-refractivity contribution in [3.05, 3.63) is 88.9 Å². The van der Waals surface area contributed by atoms with Crippen molar-refractivity contribution in [2.45, 2.75) is 88.8 Å². The van der Waals surface area contributed by atoms with Gasteiger partial charge in [-0.2, -0.15) is 0 Å². The second-order valence-electron chi connectivity index (χ2n) is 19.7. The minimum absolute atomic E-state index is 0.0441. The predicted molar refractivity (Wildman–Crippen MR) is 268 cm³/mol. The summed E-state index contributed by atoms with van der Waals surface area (Å²) in [6.45, 7) is 5.48. The number of methoxy groups -OCH3 is 2. The molecular weight excluding hydrogens is 943 g/mol. The van der Waals surface area contributed by atoms with Crippen molar-refractivity contribution < 1.29 is 38.1 Å². The summed E-state index contributed by atoms with van der Waals surface area (Å²) in [5.41, 5.74) is 6.34. The molecule has 4 fully saturated rings. The van der Waals surface area contributed by atoms with Crippen molar-refractivity contribution in [1.82, 2.24) is 44.9 Å². The number of carbonyl (C=O) groups is 4. The van der Waals surface area contributed by atoms with Crippen LogP contribution in [0.1, 0.15) is 87.2 Å². The van der Waals surface area contributed by atoms with E-state index in [2.05, 4.69) is 85.1 Å². The van der Waals surface area contributed by atoms with E-state index in [9.17, 15) is 19.2 Å². The lowest BCUT2D eigenvalue weighted by atomic mass is 9.90. The maximum Gasteiger partial charge on any atom is 0.407 e. The number of nitrogens with one attached hydrogen (secondary N) is 4. The van der Waals surface area contributed by atoms with Crippen LogP contribution in [0.3, 0.4) is 0 Å². The second-order valence-corrected chi connectivity index (χ2v) is 21.7. The van der Waals surface area contributed by atoms with Gasteiger partial charge in [0.1, 0.15) is 29.5 Å². The largest absolute Gasteiger partial charge is 0.464 e. The Morgan fingerprint density at radius 1 is 0.817 bits per heavy atom. The van der Waals surface area contributed by atoms with E-state index in [1.807, 2.05) is 36.0 Å². The molecule has 0 radical (unpaired) electrons. The van der Waals surface area contributed by atoms with E-state index in [1.165, 1.54) is 23.6 Å². The first-order valence-corrected chi connectivity index (χ1v) is 26.2. The van der Waals surface area contributed by atoms with Crippen LogP contribution < -0.4 is 15.4 Å². The Hall–Kier alpha value is -6.70. The van der Waals surface area contributed by atoms with Gasteiger partial charge in [-0.15, -0.1) is 22.7 Å². The number of piperidine rings is 1. The number of aromatic nitrogens is 5. The topological polar surface area (TPSA) is 198 Å². The van der Waals surface area contributed by atoms with E-state index < -0.39 is 30.5 Å². The molecule has 19 heteroatoms. The molecule has 12 rings (SSSR count). The van der Waals surface area contributed by atoms with Crippen LogP contribution in [0.5, 0.6) is 5.75 Å². The van der Waals surface area contributed by atoms with Gasteiger partial charge in [-0.3, -0.25) is 14.2 Å². The van der Waals surface area contributed by atoms with Crippen LogP contribution in [0.15, 0.2) is 72.4 Å². The zero-order valence-corrected chi connectivity index (χ0v) is 41.4. The zero-order valence-electron chi connectivity index (χ0n) is 39.8. The van der Waals surface area contributed by atoms with Crippen LogP contribution in [0, 0.1) is 17.8 Å². The number of alkyl carbamates (subject to hydrolysis) is 2. The maximum atomic E-state index is 14.5. The maximum absolute atomic E-state index is 14.5. The fraction of sp³-hybridized carbons (Fsp3) is 0.423. The number of aromatic amines is 2. The molecule has 9 heterocycles. The Bertz CT molecular complexity index is 3170. The Morgan fingerprint density at radius 2 is 1.55 bits per heavy atom. The molecule has 7 atom stereocenters. The molecule has 4 N–H and O–H groups in total. The lowest BCUT2D eigenvalue weighted by Gasteiger charge is -2.35. The van der Waals surface area contributed by atoms with Crippen LogP contribution in [-0.2, 0) is 23.8 Å². The second kappa shape index (κ2) is 18.2. The molecule has 4 aliphatic heterocycles. The molecule has 4 amide bonds. The van der Waals surface area contributed by atoms with E-state index in [4.69, 9.17) is 28.9 Å². The summed E-state index contributed by atoms with van der Waals surface area (Å²) in [7, 11) is 2.62. The molecule has 5 aliphatic rings. The summed E-state index contributed by atoms with van der Waals surface area (Å²) in [6.07, 6.45) is 6.84. The highest BCUT2D eigenvalue weighted by Gasteiger charge is 2.56. The Kier molecular flexibility index (Phi) is 11.6. The smallest absolute Gasteiger partial charge is 0.407 e. The number of thiophene rings is 2. The van der Waals surface area contributed by atoms with Gasteiger partial charge >= 0.3 is 12.2 Å². The van der Waals surface area contributed by atoms with Crippen molar-refractivity contribution >= 4 is 67.0 Å². The molecule has 17 nitrogen and oxygen atoms in total. The van der Waals surface area contributed by atoms with Crippen LogP contribution in [-0.4, -0.2) is 110 Å². The quantitative estimate of drug-likeness (QED) is 0.0970. The summed E-state index contributed by atoms with van der Waals surface area (Å²) < 4.78 is 27.2. The molecule has 1 unspecified atom stereocenters. The van der Waals surface area contributed by atoms with Gasteiger partial charge in [-0.25, -0.2) is 19.6 Å². The van der Waals surface area contributed by atoms with E-state index in [0.29, 0.717) is 44.3 Å². The minimum atomic E-state index is -0.722. The third-order valence-corrected chi connectivity index (χ3v) is 17.3. The highest BCUT2D eigenvalue weighted by atomic mass is 32.1. The highest BCUT2D eigenvalue weighted by molar-refractivity contribution is 7.27. The first-order chi connectivity index (χ1) is 34.5. The molecule has 0 bridgehead atoms. The van der Waals surface area contributed by atoms with Gasteiger partial charge in [-0.05, 0) is 104 Å². The van der Waals surface area contributed by atoms with Gasteiger partial charge in [0.25, 0.3) is 0 Å². The molecule has 1 saturated carbocycles. The SMILES string of the molecule is COC(=O)N[C@H](C(=O)N1CCC[C@H]1c1nc(-c2ccc3c(c2)OC(c2cc4sccc4s2)n2c-3cc3cc(-c4c[nH]c([C@@H]5C[C@H]6C[C@H]6N5C(=O)[C@@H](NC(=O)OC)C5CCOCC5)n4)ccc32)c[nH]1)C(C)C. The first kappa shape index (κ1) is 45.4. The van der Waals surface area contributed by atoms with Crippen LogP contribution in [0.2, 0.25) is 0 Å². The molecular formula is C52H55N9O8S2. The fourth-order valence-corrected chi connectivity index (χ4v) is 13.5. The molecule has 368 valence electrons. The molecule has 71 heavy (non-hydrogen) atoms. The lowest BCUT2D eigenvalue weighted by molar-refractivity contribution is -0.138. The monoisotopic (exact) mass is 997 g/mol. The van der Waals surface area contributed by atoms with Crippen molar-refractivity contribution in [2.24, 2.45) is 17.8 Å². The van der Waals surface area contributed by atoms with E-state index in [0.717, 1.165) is 86.8 Å². The van der Waals surface area contributed by atoms with Crippen LogP contribution >= 0.6 is 22.7 Å². The van der Waals surface area contributed by atoms with Crippen molar-refractivity contribution in [3.8, 4) is 39.5 Å². The normalized spacial score (nSPS) is 22.5. The Labute approximate surface area is 417 Å². The predicted octanol–water partition coefficient (Wildman–Crippen LogP) is 9.16. The van der Waals surface area contributed by atoms with Gasteiger partial charge in [-0.1, -0.05) is 26.0 Å².